The molecule has 0 aliphatic rings. The summed E-state index contributed by atoms with van der Waals surface area (Å²) >= 11 is 0. The van der Waals surface area contributed by atoms with Crippen LogP contribution in [0.2, 0.25) is 0 Å². The fourth-order valence-electron chi connectivity index (χ4n) is 7.20. The summed E-state index contributed by atoms with van der Waals surface area (Å²) in [5, 5.41) is 2.22. The van der Waals surface area contributed by atoms with Crippen molar-refractivity contribution >= 4 is 39.0 Å². The van der Waals surface area contributed by atoms with Crippen molar-refractivity contribution in [1.29, 1.82) is 0 Å². The topological polar surface area (TPSA) is 16.4 Å². The lowest BCUT2D eigenvalue weighted by Crippen LogP contribution is -2.09. The highest BCUT2D eigenvalue weighted by molar-refractivity contribution is 6.07. The van der Waals surface area contributed by atoms with Crippen LogP contribution in [0.15, 0.2) is 205 Å². The molecule has 0 amide bonds. The van der Waals surface area contributed by atoms with E-state index in [4.69, 9.17) is 4.42 Å². The number of benzene rings is 8. The molecule has 0 radical (unpaired) electrons. The number of nitrogens with zero attached hydrogens (tertiary/aromatic N) is 1. The van der Waals surface area contributed by atoms with E-state index in [2.05, 4.69) is 193 Å². The first-order valence-corrected chi connectivity index (χ1v) is 17.0. The fourth-order valence-corrected chi connectivity index (χ4v) is 7.20. The Kier molecular flexibility index (Phi) is 7.53. The third-order valence-corrected chi connectivity index (χ3v) is 9.48. The van der Waals surface area contributed by atoms with Crippen molar-refractivity contribution in [3.05, 3.63) is 200 Å². The van der Waals surface area contributed by atoms with Crippen molar-refractivity contribution in [2.45, 2.75) is 0 Å². The predicted octanol–water partition coefficient (Wildman–Crippen LogP) is 13.7. The molecule has 0 unspecified atom stereocenters. The molecule has 236 valence electrons. The second-order valence-electron chi connectivity index (χ2n) is 12.5. The summed E-state index contributed by atoms with van der Waals surface area (Å²) < 4.78 is 6.20. The van der Waals surface area contributed by atoms with E-state index >= 15 is 0 Å². The van der Waals surface area contributed by atoms with Crippen LogP contribution < -0.4 is 4.90 Å². The van der Waals surface area contributed by atoms with Crippen molar-refractivity contribution in [1.82, 2.24) is 0 Å². The second kappa shape index (κ2) is 12.8. The second-order valence-corrected chi connectivity index (χ2v) is 12.5. The summed E-state index contributed by atoms with van der Waals surface area (Å²) in [5.41, 5.74) is 14.6. The Hall–Kier alpha value is -6.64. The van der Waals surface area contributed by atoms with Crippen LogP contribution in [0.4, 0.5) is 17.1 Å². The van der Waals surface area contributed by atoms with Crippen LogP contribution in [0.25, 0.3) is 66.4 Å². The van der Waals surface area contributed by atoms with E-state index < -0.39 is 0 Å². The van der Waals surface area contributed by atoms with Gasteiger partial charge in [0.15, 0.2) is 0 Å². The van der Waals surface area contributed by atoms with Gasteiger partial charge in [-0.3, -0.25) is 0 Å². The van der Waals surface area contributed by atoms with Crippen molar-refractivity contribution in [3.63, 3.8) is 0 Å². The Morgan fingerprint density at radius 3 is 1.56 bits per heavy atom. The minimum absolute atomic E-state index is 0.885. The third-order valence-electron chi connectivity index (χ3n) is 9.48. The monoisotopic (exact) mass is 639 g/mol. The lowest BCUT2D eigenvalue weighted by atomic mass is 9.84. The summed E-state index contributed by atoms with van der Waals surface area (Å²) in [6.45, 7) is 0. The number of hydrogen-bond donors (Lipinski definition) is 0. The van der Waals surface area contributed by atoms with Gasteiger partial charge in [-0.2, -0.15) is 0 Å². The average molecular weight is 640 g/mol. The van der Waals surface area contributed by atoms with E-state index in [9.17, 15) is 0 Å². The van der Waals surface area contributed by atoms with E-state index in [1.165, 1.54) is 38.9 Å². The number of furan rings is 1. The standard InChI is InChI=1S/C48H33NO/c1-4-16-34(17-5-1)40-24-10-11-26-44(40)48-41(35-18-6-2-7-19-35)27-15-28-42(48)36-20-14-23-38(32-36)49(37-21-8-3-9-22-37)39-30-31-47-45(33-39)43-25-12-13-29-46(43)50-47/h1-33H. The zero-order chi connectivity index (χ0) is 33.3. The molecule has 0 atom stereocenters. The molecular formula is C48H33NO. The van der Waals surface area contributed by atoms with Gasteiger partial charge in [0.2, 0.25) is 0 Å². The average Bonchev–Trinajstić information content (AvgIpc) is 3.57. The molecule has 1 aromatic heterocycles. The number of anilines is 3. The van der Waals surface area contributed by atoms with Gasteiger partial charge < -0.3 is 9.32 Å². The molecule has 9 rings (SSSR count). The molecule has 0 saturated carbocycles. The predicted molar refractivity (Wildman–Crippen MR) is 210 cm³/mol. The van der Waals surface area contributed by atoms with Gasteiger partial charge in [-0.05, 0) is 93.0 Å². The van der Waals surface area contributed by atoms with Gasteiger partial charge in [-0.25, -0.2) is 0 Å². The summed E-state index contributed by atoms with van der Waals surface area (Å²) in [7, 11) is 0. The molecule has 2 nitrogen and oxygen atoms in total. The molecule has 0 bridgehead atoms. The highest BCUT2D eigenvalue weighted by Crippen LogP contribution is 2.45. The fraction of sp³-hybridized carbons (Fsp3) is 0. The van der Waals surface area contributed by atoms with Crippen LogP contribution in [-0.4, -0.2) is 0 Å². The minimum atomic E-state index is 0.885. The number of fused-ring (bicyclic) bond motifs is 3. The maximum absolute atomic E-state index is 6.20. The van der Waals surface area contributed by atoms with Gasteiger partial charge >= 0.3 is 0 Å². The molecule has 1 heterocycles. The van der Waals surface area contributed by atoms with E-state index in [-0.39, 0.29) is 0 Å². The lowest BCUT2D eigenvalue weighted by molar-refractivity contribution is 0.669. The quantitative estimate of drug-likeness (QED) is 0.173. The Balaban J connectivity index is 1.26. The summed E-state index contributed by atoms with van der Waals surface area (Å²) in [5.74, 6) is 0. The lowest BCUT2D eigenvalue weighted by Gasteiger charge is -2.26. The minimum Gasteiger partial charge on any atom is -0.456 e. The van der Waals surface area contributed by atoms with Crippen LogP contribution >= 0.6 is 0 Å². The van der Waals surface area contributed by atoms with Gasteiger partial charge in [0, 0.05) is 27.8 Å². The number of para-hydroxylation sites is 2. The van der Waals surface area contributed by atoms with Gasteiger partial charge in [0.25, 0.3) is 0 Å². The van der Waals surface area contributed by atoms with Crippen LogP contribution in [0.3, 0.4) is 0 Å². The summed E-state index contributed by atoms with van der Waals surface area (Å²) in [6, 6.07) is 71.2. The molecule has 9 aromatic rings. The molecule has 0 fully saturated rings. The molecule has 0 aliphatic carbocycles. The van der Waals surface area contributed by atoms with Gasteiger partial charge in [-0.15, -0.1) is 0 Å². The number of rotatable bonds is 7. The zero-order valence-electron chi connectivity index (χ0n) is 27.4. The molecule has 8 aromatic carbocycles. The molecule has 0 N–H and O–H groups in total. The Morgan fingerprint density at radius 1 is 0.300 bits per heavy atom. The molecule has 0 spiro atoms. The smallest absolute Gasteiger partial charge is 0.135 e. The van der Waals surface area contributed by atoms with Crippen LogP contribution in [-0.2, 0) is 0 Å². The largest absolute Gasteiger partial charge is 0.456 e. The SMILES string of the molecule is c1ccc(-c2ccccc2-c2c(-c3ccccc3)cccc2-c2cccc(N(c3ccccc3)c3ccc4oc5ccccc5c4c3)c2)cc1. The number of hydrogen-bond acceptors (Lipinski definition) is 2. The van der Waals surface area contributed by atoms with Crippen LogP contribution in [0, 0.1) is 0 Å². The first-order chi connectivity index (χ1) is 24.8. The van der Waals surface area contributed by atoms with Gasteiger partial charge in [-0.1, -0.05) is 152 Å². The highest BCUT2D eigenvalue weighted by Gasteiger charge is 2.20. The Labute approximate surface area is 292 Å². The zero-order valence-corrected chi connectivity index (χ0v) is 27.4. The first kappa shape index (κ1) is 29.5. The van der Waals surface area contributed by atoms with Crippen LogP contribution in [0.5, 0.6) is 0 Å². The molecule has 2 heteroatoms. The maximum atomic E-state index is 6.20. The third kappa shape index (κ3) is 5.34. The molecule has 50 heavy (non-hydrogen) atoms. The molecule has 0 aliphatic heterocycles. The van der Waals surface area contributed by atoms with E-state index in [1.54, 1.807) is 0 Å². The van der Waals surface area contributed by atoms with Crippen molar-refractivity contribution in [2.24, 2.45) is 0 Å². The van der Waals surface area contributed by atoms with Crippen molar-refractivity contribution in [3.8, 4) is 44.5 Å². The normalized spacial score (nSPS) is 11.2. The van der Waals surface area contributed by atoms with E-state index in [1.807, 2.05) is 12.1 Å². The van der Waals surface area contributed by atoms with Crippen LogP contribution in [0.1, 0.15) is 0 Å². The van der Waals surface area contributed by atoms with Crippen molar-refractivity contribution in [2.75, 3.05) is 4.90 Å². The molecular weight excluding hydrogens is 607 g/mol. The first-order valence-electron chi connectivity index (χ1n) is 17.0. The molecule has 0 saturated heterocycles. The Bertz CT molecular complexity index is 2590. The van der Waals surface area contributed by atoms with E-state index in [0.717, 1.165) is 44.6 Å². The van der Waals surface area contributed by atoms with Gasteiger partial charge in [0.1, 0.15) is 11.2 Å². The summed E-state index contributed by atoms with van der Waals surface area (Å²) in [6.07, 6.45) is 0. The van der Waals surface area contributed by atoms with Crippen molar-refractivity contribution < 1.29 is 4.42 Å². The Morgan fingerprint density at radius 2 is 0.800 bits per heavy atom. The summed E-state index contributed by atoms with van der Waals surface area (Å²) in [4.78, 5) is 2.34. The maximum Gasteiger partial charge on any atom is 0.135 e. The van der Waals surface area contributed by atoms with E-state index in [0.29, 0.717) is 0 Å². The highest BCUT2D eigenvalue weighted by atomic mass is 16.3. The van der Waals surface area contributed by atoms with Gasteiger partial charge in [0.05, 0.1) is 0 Å².